The van der Waals surface area contributed by atoms with Gasteiger partial charge in [0, 0.05) is 6.54 Å². The lowest BCUT2D eigenvalue weighted by Gasteiger charge is -2.29. The van der Waals surface area contributed by atoms with Crippen LogP contribution in [-0.4, -0.2) is 49.7 Å². The SMILES string of the molecule is CCC(OC1CCCC1)C(=O)NCCC1CCN(C)CC1. The first-order valence-electron chi connectivity index (χ1n) is 8.80. The Bertz CT molecular complexity index is 308. The van der Waals surface area contributed by atoms with E-state index in [4.69, 9.17) is 4.74 Å². The van der Waals surface area contributed by atoms with E-state index in [0.29, 0.717) is 6.10 Å². The molecule has 0 bridgehead atoms. The van der Waals surface area contributed by atoms with Gasteiger partial charge in [-0.05, 0) is 64.6 Å². The van der Waals surface area contributed by atoms with Gasteiger partial charge in [-0.2, -0.15) is 0 Å². The summed E-state index contributed by atoms with van der Waals surface area (Å²) >= 11 is 0. The molecule has 1 aliphatic carbocycles. The van der Waals surface area contributed by atoms with Crippen LogP contribution in [0.5, 0.6) is 0 Å². The van der Waals surface area contributed by atoms with Crippen LogP contribution in [0.4, 0.5) is 0 Å². The van der Waals surface area contributed by atoms with E-state index < -0.39 is 0 Å². The molecule has 2 fully saturated rings. The number of hydrogen-bond acceptors (Lipinski definition) is 3. The van der Waals surface area contributed by atoms with Gasteiger partial charge in [0.1, 0.15) is 6.10 Å². The van der Waals surface area contributed by atoms with Gasteiger partial charge in [-0.3, -0.25) is 4.79 Å². The number of likely N-dealkylation sites (tertiary alicyclic amines) is 1. The van der Waals surface area contributed by atoms with Crippen LogP contribution < -0.4 is 5.32 Å². The van der Waals surface area contributed by atoms with E-state index in [0.717, 1.165) is 38.1 Å². The third-order valence-electron chi connectivity index (χ3n) is 5.01. The first kappa shape index (κ1) is 16.8. The molecule has 4 heteroatoms. The highest BCUT2D eigenvalue weighted by molar-refractivity contribution is 5.80. The minimum absolute atomic E-state index is 0.0947. The van der Waals surface area contributed by atoms with Crippen molar-refractivity contribution in [1.82, 2.24) is 10.2 Å². The second kappa shape index (κ2) is 8.74. The summed E-state index contributed by atoms with van der Waals surface area (Å²) in [5.41, 5.74) is 0. The summed E-state index contributed by atoms with van der Waals surface area (Å²) in [6.45, 7) is 5.23. The van der Waals surface area contributed by atoms with E-state index in [-0.39, 0.29) is 12.0 Å². The van der Waals surface area contributed by atoms with Crippen molar-refractivity contribution in [3.05, 3.63) is 0 Å². The van der Waals surface area contributed by atoms with Crippen LogP contribution in [0.25, 0.3) is 0 Å². The number of carbonyl (C=O) groups is 1. The van der Waals surface area contributed by atoms with Gasteiger partial charge in [-0.25, -0.2) is 0 Å². The van der Waals surface area contributed by atoms with Crippen LogP contribution in [0.3, 0.4) is 0 Å². The molecule has 0 aromatic carbocycles. The Morgan fingerprint density at radius 3 is 2.52 bits per heavy atom. The first-order valence-corrected chi connectivity index (χ1v) is 8.80. The molecular weight excluding hydrogens is 264 g/mol. The predicted molar refractivity (Wildman–Crippen MR) is 85.3 cm³/mol. The Balaban J connectivity index is 1.62. The Morgan fingerprint density at radius 1 is 1.24 bits per heavy atom. The lowest BCUT2D eigenvalue weighted by Crippen LogP contribution is -2.39. The van der Waals surface area contributed by atoms with Crippen molar-refractivity contribution >= 4 is 5.91 Å². The highest BCUT2D eigenvalue weighted by Gasteiger charge is 2.24. The molecule has 1 atom stereocenters. The van der Waals surface area contributed by atoms with Gasteiger partial charge in [-0.15, -0.1) is 0 Å². The average molecular weight is 296 g/mol. The molecule has 1 unspecified atom stereocenters. The summed E-state index contributed by atoms with van der Waals surface area (Å²) in [6, 6.07) is 0. The molecule has 1 aliphatic heterocycles. The molecule has 0 aromatic rings. The van der Waals surface area contributed by atoms with Crippen LogP contribution >= 0.6 is 0 Å². The smallest absolute Gasteiger partial charge is 0.249 e. The number of nitrogens with one attached hydrogen (secondary N) is 1. The van der Waals surface area contributed by atoms with Gasteiger partial charge in [0.2, 0.25) is 5.91 Å². The summed E-state index contributed by atoms with van der Waals surface area (Å²) in [4.78, 5) is 14.6. The summed E-state index contributed by atoms with van der Waals surface area (Å²) in [5.74, 6) is 0.870. The van der Waals surface area contributed by atoms with Gasteiger partial charge < -0.3 is 15.0 Å². The van der Waals surface area contributed by atoms with Crippen molar-refractivity contribution in [3.8, 4) is 0 Å². The minimum atomic E-state index is -0.245. The molecule has 122 valence electrons. The maximum Gasteiger partial charge on any atom is 0.249 e. The molecule has 1 N–H and O–H groups in total. The maximum absolute atomic E-state index is 12.2. The monoisotopic (exact) mass is 296 g/mol. The molecular formula is C17H32N2O2. The topological polar surface area (TPSA) is 41.6 Å². The van der Waals surface area contributed by atoms with Gasteiger partial charge >= 0.3 is 0 Å². The van der Waals surface area contributed by atoms with E-state index in [9.17, 15) is 4.79 Å². The third kappa shape index (κ3) is 5.59. The molecule has 1 heterocycles. The second-order valence-corrected chi connectivity index (χ2v) is 6.77. The Morgan fingerprint density at radius 2 is 1.90 bits per heavy atom. The van der Waals surface area contributed by atoms with E-state index in [1.807, 2.05) is 6.92 Å². The number of piperidine rings is 1. The normalized spacial score (nSPS) is 23.3. The molecule has 21 heavy (non-hydrogen) atoms. The molecule has 1 amide bonds. The third-order valence-corrected chi connectivity index (χ3v) is 5.01. The van der Waals surface area contributed by atoms with E-state index in [1.165, 1.54) is 38.8 Å². The van der Waals surface area contributed by atoms with Crippen molar-refractivity contribution in [2.45, 2.75) is 70.5 Å². The lowest BCUT2D eigenvalue weighted by molar-refractivity contribution is -0.136. The van der Waals surface area contributed by atoms with Crippen LogP contribution in [0.1, 0.15) is 58.3 Å². The number of amides is 1. The summed E-state index contributed by atoms with van der Waals surface area (Å²) in [5, 5.41) is 3.09. The van der Waals surface area contributed by atoms with Crippen LogP contribution in [0, 0.1) is 5.92 Å². The van der Waals surface area contributed by atoms with E-state index in [2.05, 4.69) is 17.3 Å². The molecule has 1 saturated heterocycles. The van der Waals surface area contributed by atoms with Crippen molar-refractivity contribution in [1.29, 1.82) is 0 Å². The Labute approximate surface area is 129 Å². The molecule has 1 saturated carbocycles. The van der Waals surface area contributed by atoms with Crippen LogP contribution in [0.2, 0.25) is 0 Å². The number of rotatable bonds is 7. The summed E-state index contributed by atoms with van der Waals surface area (Å²) < 4.78 is 5.96. The Kier molecular flexibility index (Phi) is 6.97. The largest absolute Gasteiger partial charge is 0.365 e. The molecule has 0 radical (unpaired) electrons. The average Bonchev–Trinajstić information content (AvgIpc) is 2.99. The van der Waals surface area contributed by atoms with Crippen LogP contribution in [0.15, 0.2) is 0 Å². The standard InChI is InChI=1S/C17H32N2O2/c1-3-16(21-15-6-4-5-7-15)17(20)18-11-8-14-9-12-19(2)13-10-14/h14-16H,3-13H2,1-2H3,(H,18,20). The minimum Gasteiger partial charge on any atom is -0.365 e. The summed E-state index contributed by atoms with van der Waals surface area (Å²) in [7, 11) is 2.18. The number of ether oxygens (including phenoxy) is 1. The Hall–Kier alpha value is -0.610. The van der Waals surface area contributed by atoms with Crippen molar-refractivity contribution in [2.75, 3.05) is 26.7 Å². The van der Waals surface area contributed by atoms with Gasteiger partial charge in [0.15, 0.2) is 0 Å². The van der Waals surface area contributed by atoms with Crippen LogP contribution in [-0.2, 0) is 9.53 Å². The lowest BCUT2D eigenvalue weighted by atomic mass is 9.94. The zero-order chi connectivity index (χ0) is 15.1. The maximum atomic E-state index is 12.2. The molecule has 0 aromatic heterocycles. The predicted octanol–water partition coefficient (Wildman–Crippen LogP) is 2.57. The van der Waals surface area contributed by atoms with Gasteiger partial charge in [0.05, 0.1) is 6.10 Å². The highest BCUT2D eigenvalue weighted by Crippen LogP contribution is 2.23. The van der Waals surface area contributed by atoms with E-state index >= 15 is 0 Å². The van der Waals surface area contributed by atoms with E-state index in [1.54, 1.807) is 0 Å². The fourth-order valence-corrected chi connectivity index (χ4v) is 3.46. The van der Waals surface area contributed by atoms with Gasteiger partial charge in [0.25, 0.3) is 0 Å². The van der Waals surface area contributed by atoms with Crippen molar-refractivity contribution in [3.63, 3.8) is 0 Å². The quantitative estimate of drug-likeness (QED) is 0.785. The van der Waals surface area contributed by atoms with Crippen molar-refractivity contribution in [2.24, 2.45) is 5.92 Å². The fourth-order valence-electron chi connectivity index (χ4n) is 3.46. The summed E-state index contributed by atoms with van der Waals surface area (Å²) in [6.07, 6.45) is 9.23. The number of carbonyl (C=O) groups excluding carboxylic acids is 1. The fraction of sp³-hybridized carbons (Fsp3) is 0.941. The molecule has 0 spiro atoms. The molecule has 2 aliphatic rings. The second-order valence-electron chi connectivity index (χ2n) is 6.77. The highest BCUT2D eigenvalue weighted by atomic mass is 16.5. The number of nitrogens with zero attached hydrogens (tertiary/aromatic N) is 1. The first-order chi connectivity index (χ1) is 10.2. The van der Waals surface area contributed by atoms with Crippen molar-refractivity contribution < 1.29 is 9.53 Å². The van der Waals surface area contributed by atoms with Gasteiger partial charge in [-0.1, -0.05) is 19.8 Å². The zero-order valence-corrected chi connectivity index (χ0v) is 13.8. The number of hydrogen-bond donors (Lipinski definition) is 1. The zero-order valence-electron chi connectivity index (χ0n) is 13.8. The molecule has 4 nitrogen and oxygen atoms in total. The molecule has 2 rings (SSSR count).